The van der Waals surface area contributed by atoms with Crippen LogP contribution in [0.4, 0.5) is 4.39 Å². The highest BCUT2D eigenvalue weighted by molar-refractivity contribution is 6.33. The second-order valence-corrected chi connectivity index (χ2v) is 7.92. The maximum atomic E-state index is 13.6. The molecule has 0 spiro atoms. The van der Waals surface area contributed by atoms with Gasteiger partial charge in [0.2, 0.25) is 5.95 Å². The fourth-order valence-electron chi connectivity index (χ4n) is 3.85. The molecule has 0 N–H and O–H groups in total. The van der Waals surface area contributed by atoms with Gasteiger partial charge in [-0.1, -0.05) is 90.5 Å². The van der Waals surface area contributed by atoms with Crippen LogP contribution in [0, 0.1) is 12.9 Å². The van der Waals surface area contributed by atoms with Crippen LogP contribution in [0.2, 0.25) is 5.02 Å². The molecular weight excluding hydrogens is 409 g/mol. The summed E-state index contributed by atoms with van der Waals surface area (Å²) in [6.45, 7) is 2.03. The van der Waals surface area contributed by atoms with Gasteiger partial charge in [-0.2, -0.15) is 4.39 Å². The first-order chi connectivity index (χ1) is 15.0. The van der Waals surface area contributed by atoms with Crippen LogP contribution in [0.1, 0.15) is 39.4 Å². The van der Waals surface area contributed by atoms with Gasteiger partial charge >= 0.3 is 0 Å². The van der Waals surface area contributed by atoms with Crippen molar-refractivity contribution in [3.8, 4) is 11.1 Å². The highest BCUT2D eigenvalue weighted by atomic mass is 35.5. The number of halogens is 2. The van der Waals surface area contributed by atoms with Crippen molar-refractivity contribution in [3.05, 3.63) is 124 Å². The highest BCUT2D eigenvalue weighted by Crippen LogP contribution is 2.33. The third kappa shape index (κ3) is 4.73. The molecule has 3 aromatic carbocycles. The average molecular weight is 430 g/mol. The van der Waals surface area contributed by atoms with E-state index in [-0.39, 0.29) is 28.7 Å². The van der Waals surface area contributed by atoms with Gasteiger partial charge in [0.25, 0.3) is 0 Å². The Hall–Kier alpha value is -3.30. The van der Waals surface area contributed by atoms with Crippen molar-refractivity contribution in [1.82, 2.24) is 4.98 Å². The van der Waals surface area contributed by atoms with Crippen LogP contribution in [0.5, 0.6) is 0 Å². The van der Waals surface area contributed by atoms with Crippen molar-refractivity contribution in [1.29, 1.82) is 0 Å². The third-order valence-electron chi connectivity index (χ3n) is 5.50. The van der Waals surface area contributed by atoms with E-state index in [9.17, 15) is 9.18 Å². The minimum Gasteiger partial charge on any atom is -0.294 e. The first kappa shape index (κ1) is 21.0. The molecule has 0 saturated carbocycles. The van der Waals surface area contributed by atoms with Crippen molar-refractivity contribution in [2.45, 2.75) is 19.3 Å². The van der Waals surface area contributed by atoms with E-state index < -0.39 is 5.95 Å². The maximum Gasteiger partial charge on any atom is 0.213 e. The summed E-state index contributed by atoms with van der Waals surface area (Å²) in [6, 6.07) is 27.5. The van der Waals surface area contributed by atoms with Gasteiger partial charge in [0.05, 0.1) is 5.02 Å². The standard InChI is InChI=1S/C27H21ClFNO/c1-18-7-5-6-10-22(18)23(15-26(31)24-16-27(29)30-17-25(24)28)21-13-11-20(12-14-21)19-8-3-2-4-9-19/h2-14,16-17,23H,15H2,1H3/t23-/m1/s1. The lowest BCUT2D eigenvalue weighted by atomic mass is 9.83. The number of carbonyl (C=O) groups excluding carboxylic acids is 1. The van der Waals surface area contributed by atoms with Gasteiger partial charge < -0.3 is 0 Å². The summed E-state index contributed by atoms with van der Waals surface area (Å²) in [5.41, 5.74) is 5.59. The first-order valence-corrected chi connectivity index (χ1v) is 10.5. The number of pyridine rings is 1. The molecule has 0 saturated heterocycles. The monoisotopic (exact) mass is 429 g/mol. The van der Waals surface area contributed by atoms with E-state index >= 15 is 0 Å². The molecule has 0 unspecified atom stereocenters. The van der Waals surface area contributed by atoms with E-state index in [0.29, 0.717) is 0 Å². The van der Waals surface area contributed by atoms with E-state index in [1.807, 2.05) is 49.4 Å². The number of carbonyl (C=O) groups is 1. The largest absolute Gasteiger partial charge is 0.294 e. The first-order valence-electron chi connectivity index (χ1n) is 10.1. The normalized spacial score (nSPS) is 11.8. The molecule has 4 heteroatoms. The quantitative estimate of drug-likeness (QED) is 0.238. The van der Waals surface area contributed by atoms with Gasteiger partial charge in [-0.15, -0.1) is 0 Å². The Labute approximate surface area is 186 Å². The van der Waals surface area contributed by atoms with E-state index in [0.717, 1.165) is 33.9 Å². The van der Waals surface area contributed by atoms with Crippen LogP contribution in [0.15, 0.2) is 91.1 Å². The topological polar surface area (TPSA) is 30.0 Å². The molecule has 0 aliphatic carbocycles. The average Bonchev–Trinajstić information content (AvgIpc) is 2.80. The van der Waals surface area contributed by atoms with E-state index in [4.69, 9.17) is 11.6 Å². The summed E-state index contributed by atoms with van der Waals surface area (Å²) in [5.74, 6) is -1.11. The minimum atomic E-state index is -0.715. The number of ketones is 1. The summed E-state index contributed by atoms with van der Waals surface area (Å²) < 4.78 is 13.6. The summed E-state index contributed by atoms with van der Waals surface area (Å²) in [6.07, 6.45) is 1.36. The lowest BCUT2D eigenvalue weighted by molar-refractivity contribution is 0.0977. The molecule has 2 nitrogen and oxygen atoms in total. The molecule has 0 amide bonds. The number of nitrogens with zero attached hydrogens (tertiary/aromatic N) is 1. The SMILES string of the molecule is Cc1ccccc1[C@H](CC(=O)c1cc(F)ncc1Cl)c1ccc(-c2ccccc2)cc1. The molecule has 0 fully saturated rings. The van der Waals surface area contributed by atoms with Gasteiger partial charge in [0.1, 0.15) is 0 Å². The molecule has 4 aromatic rings. The molecule has 1 heterocycles. The molecule has 0 radical (unpaired) electrons. The fourth-order valence-corrected chi connectivity index (χ4v) is 4.05. The van der Waals surface area contributed by atoms with Crippen LogP contribution in [-0.4, -0.2) is 10.8 Å². The third-order valence-corrected chi connectivity index (χ3v) is 5.80. The zero-order valence-corrected chi connectivity index (χ0v) is 17.8. The molecule has 1 aromatic heterocycles. The predicted molar refractivity (Wildman–Crippen MR) is 123 cm³/mol. The van der Waals surface area contributed by atoms with Crippen molar-refractivity contribution < 1.29 is 9.18 Å². The van der Waals surface area contributed by atoms with Crippen LogP contribution in [-0.2, 0) is 0 Å². The van der Waals surface area contributed by atoms with E-state index in [2.05, 4.69) is 41.4 Å². The molecular formula is C27H21ClFNO. The number of rotatable bonds is 6. The zero-order chi connectivity index (χ0) is 21.8. The Morgan fingerprint density at radius 3 is 2.29 bits per heavy atom. The Morgan fingerprint density at radius 1 is 0.935 bits per heavy atom. The van der Waals surface area contributed by atoms with Gasteiger partial charge in [-0.05, 0) is 34.7 Å². The zero-order valence-electron chi connectivity index (χ0n) is 17.1. The lowest BCUT2D eigenvalue weighted by Crippen LogP contribution is -2.11. The number of aryl methyl sites for hydroxylation is 1. The Bertz CT molecular complexity index is 1210. The molecule has 0 aliphatic rings. The minimum absolute atomic E-state index is 0.161. The predicted octanol–water partition coefficient (Wildman–Crippen LogP) is 7.25. The lowest BCUT2D eigenvalue weighted by Gasteiger charge is -2.20. The van der Waals surface area contributed by atoms with Crippen molar-refractivity contribution >= 4 is 17.4 Å². The van der Waals surface area contributed by atoms with Crippen molar-refractivity contribution in [2.75, 3.05) is 0 Å². The molecule has 0 bridgehead atoms. The van der Waals surface area contributed by atoms with Crippen molar-refractivity contribution in [2.24, 2.45) is 0 Å². The van der Waals surface area contributed by atoms with E-state index in [1.54, 1.807) is 0 Å². The second kappa shape index (κ2) is 9.23. The summed E-state index contributed by atoms with van der Waals surface area (Å²) in [7, 11) is 0. The van der Waals surface area contributed by atoms with Gasteiger partial charge in [-0.3, -0.25) is 4.79 Å². The van der Waals surface area contributed by atoms with Crippen LogP contribution in [0.3, 0.4) is 0 Å². The summed E-state index contributed by atoms with van der Waals surface area (Å²) >= 11 is 6.14. The van der Waals surface area contributed by atoms with E-state index in [1.165, 1.54) is 6.20 Å². The number of aromatic nitrogens is 1. The molecule has 31 heavy (non-hydrogen) atoms. The maximum absolute atomic E-state index is 13.6. The summed E-state index contributed by atoms with van der Waals surface area (Å²) in [5, 5.41) is 0.161. The second-order valence-electron chi connectivity index (χ2n) is 7.51. The summed E-state index contributed by atoms with van der Waals surface area (Å²) in [4.78, 5) is 16.6. The Kier molecular flexibility index (Phi) is 6.24. The molecule has 1 atom stereocenters. The fraction of sp³-hybridized carbons (Fsp3) is 0.111. The number of benzene rings is 3. The molecule has 154 valence electrons. The number of hydrogen-bond acceptors (Lipinski definition) is 2. The number of hydrogen-bond donors (Lipinski definition) is 0. The van der Waals surface area contributed by atoms with Crippen LogP contribution < -0.4 is 0 Å². The Morgan fingerprint density at radius 2 is 1.58 bits per heavy atom. The van der Waals surface area contributed by atoms with Crippen LogP contribution in [0.25, 0.3) is 11.1 Å². The molecule has 0 aliphatic heterocycles. The molecule has 4 rings (SSSR count). The Balaban J connectivity index is 1.71. The van der Waals surface area contributed by atoms with Crippen LogP contribution >= 0.6 is 11.6 Å². The van der Waals surface area contributed by atoms with Gasteiger partial charge in [0.15, 0.2) is 5.78 Å². The smallest absolute Gasteiger partial charge is 0.213 e. The number of Topliss-reactive ketones (excluding diaryl/α,β-unsaturated/α-hetero) is 1. The van der Waals surface area contributed by atoms with Crippen molar-refractivity contribution in [3.63, 3.8) is 0 Å². The highest BCUT2D eigenvalue weighted by Gasteiger charge is 2.22. The van der Waals surface area contributed by atoms with Gasteiger partial charge in [-0.25, -0.2) is 4.98 Å². The van der Waals surface area contributed by atoms with Gasteiger partial charge in [0, 0.05) is 30.2 Å².